The Balaban J connectivity index is 3.64. The van der Waals surface area contributed by atoms with Crippen LogP contribution in [-0.4, -0.2) is 30.7 Å². The van der Waals surface area contributed by atoms with E-state index in [1.807, 2.05) is 0 Å². The zero-order valence-corrected chi connectivity index (χ0v) is 12.0. The third kappa shape index (κ3) is 11.3. The van der Waals surface area contributed by atoms with Gasteiger partial charge in [0.15, 0.2) is 18.1 Å². The Kier molecular flexibility index (Phi) is 10.0. The molecular formula is C12H26N6O2. The van der Waals surface area contributed by atoms with Gasteiger partial charge in [0.1, 0.15) is 6.54 Å². The first-order valence-electron chi connectivity index (χ1n) is 6.84. The molecule has 0 bridgehead atoms. The van der Waals surface area contributed by atoms with Gasteiger partial charge in [-0.15, -0.1) is 0 Å². The average molecular weight is 286 g/mol. The lowest BCUT2D eigenvalue weighted by Crippen LogP contribution is -2.45. The van der Waals surface area contributed by atoms with Crippen LogP contribution in [-0.2, 0) is 9.53 Å². The Morgan fingerprint density at radius 1 is 1.25 bits per heavy atom. The number of rotatable bonds is 9. The van der Waals surface area contributed by atoms with Crippen LogP contribution in [0, 0.1) is 10.8 Å². The molecule has 1 atom stereocenters. The van der Waals surface area contributed by atoms with Gasteiger partial charge in [-0.25, -0.2) is 0 Å². The predicted molar refractivity (Wildman–Crippen MR) is 78.2 cm³/mol. The van der Waals surface area contributed by atoms with Gasteiger partial charge in [0.25, 0.3) is 0 Å². The van der Waals surface area contributed by atoms with Crippen molar-refractivity contribution >= 4 is 17.9 Å². The van der Waals surface area contributed by atoms with E-state index in [1.165, 1.54) is 19.3 Å². The minimum absolute atomic E-state index is 0.192. The Morgan fingerprint density at radius 3 is 2.50 bits per heavy atom. The van der Waals surface area contributed by atoms with E-state index < -0.39 is 12.2 Å². The van der Waals surface area contributed by atoms with Crippen LogP contribution < -0.4 is 22.1 Å². The van der Waals surface area contributed by atoms with Gasteiger partial charge < -0.3 is 15.8 Å². The fourth-order valence-electron chi connectivity index (χ4n) is 1.56. The van der Waals surface area contributed by atoms with Crippen molar-refractivity contribution in [3.8, 4) is 0 Å². The number of ether oxygens (including phenoxy) is 1. The van der Waals surface area contributed by atoms with E-state index in [4.69, 9.17) is 27.0 Å². The van der Waals surface area contributed by atoms with Crippen molar-refractivity contribution in [2.24, 2.45) is 11.5 Å². The molecule has 0 heterocycles. The summed E-state index contributed by atoms with van der Waals surface area (Å²) in [7, 11) is 0. The summed E-state index contributed by atoms with van der Waals surface area (Å²) >= 11 is 0. The minimum Gasteiger partial charge on any atom is -0.445 e. The maximum absolute atomic E-state index is 11.4. The highest BCUT2D eigenvalue weighted by Gasteiger charge is 2.10. The van der Waals surface area contributed by atoms with Crippen LogP contribution in [0.4, 0.5) is 0 Å². The van der Waals surface area contributed by atoms with Gasteiger partial charge in [-0.2, -0.15) is 0 Å². The van der Waals surface area contributed by atoms with Crippen LogP contribution in [0.15, 0.2) is 0 Å². The second kappa shape index (κ2) is 11.0. The lowest BCUT2D eigenvalue weighted by Gasteiger charge is -2.14. The zero-order valence-electron chi connectivity index (χ0n) is 12.0. The van der Waals surface area contributed by atoms with Crippen molar-refractivity contribution in [3.63, 3.8) is 0 Å². The van der Waals surface area contributed by atoms with Gasteiger partial charge >= 0.3 is 5.97 Å². The molecule has 20 heavy (non-hydrogen) atoms. The van der Waals surface area contributed by atoms with E-state index >= 15 is 0 Å². The predicted octanol–water partition coefficient (Wildman–Crippen LogP) is 0.182. The molecule has 8 nitrogen and oxygen atoms in total. The van der Waals surface area contributed by atoms with Crippen LogP contribution in [0.2, 0.25) is 0 Å². The molecule has 0 radical (unpaired) electrons. The quantitative estimate of drug-likeness (QED) is 0.117. The lowest BCUT2D eigenvalue weighted by molar-refractivity contribution is -0.147. The number of hydrogen-bond donors (Lipinski definition) is 6. The molecule has 8 N–H and O–H groups in total. The van der Waals surface area contributed by atoms with E-state index in [9.17, 15) is 4.79 Å². The molecule has 0 aromatic rings. The standard InChI is InChI=1S/C12H26N6O2/c1-2-3-4-5-6-7-9(13)20-10(19)8-17-12(16)18-11(14)15/h9H,2-8,13H2,1H3,(H6,14,15,16,17,18). The van der Waals surface area contributed by atoms with Crippen molar-refractivity contribution in [3.05, 3.63) is 0 Å². The Hall–Kier alpha value is -1.83. The normalized spacial score (nSPS) is 11.5. The smallest absolute Gasteiger partial charge is 0.326 e. The molecule has 0 aliphatic carbocycles. The number of unbranched alkanes of at least 4 members (excludes halogenated alkanes) is 4. The van der Waals surface area contributed by atoms with Crippen molar-refractivity contribution in [2.75, 3.05) is 6.54 Å². The summed E-state index contributed by atoms with van der Waals surface area (Å²) in [6.07, 6.45) is 5.62. The molecule has 0 aromatic carbocycles. The molecular weight excluding hydrogens is 260 g/mol. The largest absolute Gasteiger partial charge is 0.445 e. The number of guanidine groups is 2. The van der Waals surface area contributed by atoms with Crippen molar-refractivity contribution in [1.82, 2.24) is 10.6 Å². The summed E-state index contributed by atoms with van der Waals surface area (Å²) in [4.78, 5) is 11.4. The maximum atomic E-state index is 11.4. The molecule has 1 unspecified atom stereocenters. The molecule has 0 saturated heterocycles. The molecule has 0 aliphatic heterocycles. The molecule has 0 fully saturated rings. The zero-order chi connectivity index (χ0) is 15.4. The average Bonchev–Trinajstić information content (AvgIpc) is 2.35. The first-order chi connectivity index (χ1) is 9.45. The van der Waals surface area contributed by atoms with Crippen LogP contribution in [0.25, 0.3) is 0 Å². The second-order valence-electron chi connectivity index (χ2n) is 4.50. The molecule has 0 saturated carbocycles. The fraction of sp³-hybridized carbons (Fsp3) is 0.750. The van der Waals surface area contributed by atoms with Crippen molar-refractivity contribution in [2.45, 2.75) is 51.7 Å². The SMILES string of the molecule is CCCCCCCC(N)OC(=O)CNC(=N)NC(=N)N. The Morgan fingerprint density at radius 2 is 1.90 bits per heavy atom. The maximum Gasteiger partial charge on any atom is 0.326 e. The molecule has 0 amide bonds. The number of nitrogens with two attached hydrogens (primary N) is 2. The molecule has 8 heteroatoms. The highest BCUT2D eigenvalue weighted by Crippen LogP contribution is 2.06. The monoisotopic (exact) mass is 286 g/mol. The number of nitrogens with one attached hydrogen (secondary N) is 4. The first-order valence-corrected chi connectivity index (χ1v) is 6.84. The van der Waals surface area contributed by atoms with Gasteiger partial charge in [0, 0.05) is 0 Å². The molecule has 116 valence electrons. The summed E-state index contributed by atoms with van der Waals surface area (Å²) < 4.78 is 4.98. The van der Waals surface area contributed by atoms with Crippen LogP contribution in [0.5, 0.6) is 0 Å². The lowest BCUT2D eigenvalue weighted by atomic mass is 10.1. The van der Waals surface area contributed by atoms with E-state index in [1.54, 1.807) is 0 Å². The van der Waals surface area contributed by atoms with Gasteiger partial charge in [-0.05, 0) is 12.8 Å². The molecule has 0 spiro atoms. The summed E-state index contributed by atoms with van der Waals surface area (Å²) in [6, 6.07) is 0. The highest BCUT2D eigenvalue weighted by molar-refractivity contribution is 5.95. The third-order valence-electron chi connectivity index (χ3n) is 2.54. The van der Waals surface area contributed by atoms with E-state index in [-0.39, 0.29) is 18.5 Å². The number of hydrogen-bond acceptors (Lipinski definition) is 5. The molecule has 0 aromatic heterocycles. The molecule has 0 aliphatic rings. The van der Waals surface area contributed by atoms with Crippen LogP contribution >= 0.6 is 0 Å². The van der Waals surface area contributed by atoms with E-state index in [0.29, 0.717) is 6.42 Å². The topological polar surface area (TPSA) is 150 Å². The summed E-state index contributed by atoms with van der Waals surface area (Å²) in [5, 5.41) is 18.8. The van der Waals surface area contributed by atoms with Crippen molar-refractivity contribution < 1.29 is 9.53 Å². The minimum atomic E-state index is -0.610. The van der Waals surface area contributed by atoms with Gasteiger partial charge in [-0.3, -0.25) is 26.7 Å². The summed E-state index contributed by atoms with van der Waals surface area (Å²) in [5.41, 5.74) is 10.7. The van der Waals surface area contributed by atoms with Gasteiger partial charge in [0.2, 0.25) is 0 Å². The van der Waals surface area contributed by atoms with Crippen molar-refractivity contribution in [1.29, 1.82) is 10.8 Å². The number of carbonyl (C=O) groups excluding carboxylic acids is 1. The van der Waals surface area contributed by atoms with E-state index in [0.717, 1.165) is 12.8 Å². The third-order valence-corrected chi connectivity index (χ3v) is 2.54. The summed E-state index contributed by atoms with van der Waals surface area (Å²) in [6.45, 7) is 1.96. The van der Waals surface area contributed by atoms with Crippen LogP contribution in [0.1, 0.15) is 45.4 Å². The second-order valence-corrected chi connectivity index (χ2v) is 4.50. The first kappa shape index (κ1) is 18.2. The van der Waals surface area contributed by atoms with Gasteiger partial charge in [0.05, 0.1) is 0 Å². The van der Waals surface area contributed by atoms with Gasteiger partial charge in [-0.1, -0.05) is 32.6 Å². The number of carbonyl (C=O) groups is 1. The molecule has 0 rings (SSSR count). The number of esters is 1. The Labute approximate surface area is 119 Å². The fourth-order valence-corrected chi connectivity index (χ4v) is 1.56. The highest BCUT2D eigenvalue weighted by atomic mass is 16.6. The summed E-state index contributed by atoms with van der Waals surface area (Å²) in [5.74, 6) is -1.15. The van der Waals surface area contributed by atoms with Crippen LogP contribution in [0.3, 0.4) is 0 Å². The van der Waals surface area contributed by atoms with E-state index in [2.05, 4.69) is 17.6 Å². The Bertz CT molecular complexity index is 321.